The first-order chi connectivity index (χ1) is 13.0. The Kier molecular flexibility index (Phi) is 5.41. The summed E-state index contributed by atoms with van der Waals surface area (Å²) < 4.78 is 5.29. The summed E-state index contributed by atoms with van der Waals surface area (Å²) in [6.07, 6.45) is 4.25. The van der Waals surface area contributed by atoms with Gasteiger partial charge in [-0.25, -0.2) is 4.79 Å². The van der Waals surface area contributed by atoms with E-state index in [0.29, 0.717) is 35.0 Å². The molecule has 0 spiro atoms. The summed E-state index contributed by atoms with van der Waals surface area (Å²) in [6.45, 7) is 1.43. The average Bonchev–Trinajstić information content (AvgIpc) is 2.70. The molecule has 0 saturated heterocycles. The molecule has 1 aliphatic rings. The average molecular weight is 365 g/mol. The van der Waals surface area contributed by atoms with Crippen LogP contribution >= 0.6 is 0 Å². The quantitative estimate of drug-likeness (QED) is 0.776. The monoisotopic (exact) mass is 365 g/mol. The van der Waals surface area contributed by atoms with Crippen LogP contribution in [0, 0.1) is 18.3 Å². The summed E-state index contributed by atoms with van der Waals surface area (Å²) in [5.74, 6) is -0.921. The van der Waals surface area contributed by atoms with Gasteiger partial charge in [-0.2, -0.15) is 5.26 Å². The third kappa shape index (κ3) is 3.77. The fraction of sp³-hybridized carbons (Fsp3) is 0.429. The van der Waals surface area contributed by atoms with Gasteiger partial charge in [0.05, 0.1) is 17.1 Å². The standard InChI is InChI=1S/C21H23N3O3/c1-15-12-17(16-8-4-5-9-18(16)23-15)20(26)27-13-19(25)24(2)21(14-22)10-6-3-7-11-21/h4-5,8-9,12H,3,6-7,10-11,13H2,1-2H3. The Bertz CT molecular complexity index is 911. The Morgan fingerprint density at radius 1 is 1.26 bits per heavy atom. The fourth-order valence-corrected chi connectivity index (χ4v) is 3.68. The van der Waals surface area contributed by atoms with E-state index in [-0.39, 0.29) is 12.5 Å². The van der Waals surface area contributed by atoms with Crippen molar-refractivity contribution in [3.63, 3.8) is 0 Å². The Morgan fingerprint density at radius 2 is 1.96 bits per heavy atom. The number of carbonyl (C=O) groups excluding carboxylic acids is 2. The molecule has 1 aromatic carbocycles. The van der Waals surface area contributed by atoms with Crippen LogP contribution in [-0.2, 0) is 9.53 Å². The number of rotatable bonds is 4. The molecule has 6 nitrogen and oxygen atoms in total. The molecule has 0 N–H and O–H groups in total. The molecule has 2 aromatic rings. The number of benzene rings is 1. The number of likely N-dealkylation sites (N-methyl/N-ethyl adjacent to an activating group) is 1. The number of aryl methyl sites for hydroxylation is 1. The van der Waals surface area contributed by atoms with Crippen molar-refractivity contribution in [2.24, 2.45) is 0 Å². The Morgan fingerprint density at radius 3 is 2.67 bits per heavy atom. The lowest BCUT2D eigenvalue weighted by Gasteiger charge is -2.38. The van der Waals surface area contributed by atoms with Gasteiger partial charge in [0.25, 0.3) is 5.91 Å². The largest absolute Gasteiger partial charge is 0.452 e. The minimum atomic E-state index is -0.790. The highest BCUT2D eigenvalue weighted by molar-refractivity contribution is 6.04. The van der Waals surface area contributed by atoms with Crippen LogP contribution in [0.3, 0.4) is 0 Å². The Labute approximate surface area is 158 Å². The van der Waals surface area contributed by atoms with E-state index in [1.54, 1.807) is 19.2 Å². The third-order valence-electron chi connectivity index (χ3n) is 5.30. The van der Waals surface area contributed by atoms with E-state index in [2.05, 4.69) is 11.1 Å². The number of fused-ring (bicyclic) bond motifs is 1. The Hall–Kier alpha value is -2.94. The molecule has 0 bridgehead atoms. The van der Waals surface area contributed by atoms with Crippen molar-refractivity contribution in [3.8, 4) is 6.07 Å². The van der Waals surface area contributed by atoms with Crippen LogP contribution in [0.25, 0.3) is 10.9 Å². The van der Waals surface area contributed by atoms with Gasteiger partial charge in [0, 0.05) is 18.1 Å². The molecule has 1 aromatic heterocycles. The Balaban J connectivity index is 1.72. The maximum atomic E-state index is 12.6. The molecule has 0 aliphatic heterocycles. The van der Waals surface area contributed by atoms with Gasteiger partial charge < -0.3 is 9.64 Å². The molecule has 1 amide bonds. The molecular weight excluding hydrogens is 342 g/mol. The second-order valence-corrected chi connectivity index (χ2v) is 7.06. The highest BCUT2D eigenvalue weighted by atomic mass is 16.5. The number of aromatic nitrogens is 1. The molecule has 1 aliphatic carbocycles. The lowest BCUT2D eigenvalue weighted by atomic mass is 9.81. The summed E-state index contributed by atoms with van der Waals surface area (Å²) in [6, 6.07) is 11.3. The maximum absolute atomic E-state index is 12.6. The number of hydrogen-bond donors (Lipinski definition) is 0. The van der Waals surface area contributed by atoms with Crippen molar-refractivity contribution in [3.05, 3.63) is 41.6 Å². The van der Waals surface area contributed by atoms with E-state index >= 15 is 0 Å². The molecule has 0 radical (unpaired) electrons. The number of hydrogen-bond acceptors (Lipinski definition) is 5. The number of para-hydroxylation sites is 1. The van der Waals surface area contributed by atoms with Gasteiger partial charge >= 0.3 is 5.97 Å². The smallest absolute Gasteiger partial charge is 0.339 e. The first-order valence-corrected chi connectivity index (χ1v) is 9.18. The number of nitriles is 1. The maximum Gasteiger partial charge on any atom is 0.339 e. The lowest BCUT2D eigenvalue weighted by Crippen LogP contribution is -2.51. The molecule has 1 saturated carbocycles. The molecule has 0 unspecified atom stereocenters. The normalized spacial score (nSPS) is 15.7. The summed E-state index contributed by atoms with van der Waals surface area (Å²) in [7, 11) is 1.62. The summed E-state index contributed by atoms with van der Waals surface area (Å²) in [5.41, 5.74) is 1.01. The number of carbonyl (C=O) groups is 2. The summed E-state index contributed by atoms with van der Waals surface area (Å²) >= 11 is 0. The predicted octanol–water partition coefficient (Wildman–Crippen LogP) is 3.38. The van der Waals surface area contributed by atoms with Gasteiger partial charge in [-0.15, -0.1) is 0 Å². The molecule has 3 rings (SSSR count). The second kappa shape index (κ2) is 7.75. The number of amides is 1. The van der Waals surface area contributed by atoms with E-state index in [1.165, 1.54) is 4.90 Å². The SMILES string of the molecule is Cc1cc(C(=O)OCC(=O)N(C)C2(C#N)CCCCC2)c2ccccc2n1. The van der Waals surface area contributed by atoms with Crippen molar-refractivity contribution in [1.82, 2.24) is 9.88 Å². The topological polar surface area (TPSA) is 83.3 Å². The lowest BCUT2D eigenvalue weighted by molar-refractivity contribution is -0.138. The van der Waals surface area contributed by atoms with Crippen LogP contribution in [0.2, 0.25) is 0 Å². The van der Waals surface area contributed by atoms with Gasteiger partial charge in [-0.1, -0.05) is 37.5 Å². The van der Waals surface area contributed by atoms with Gasteiger partial charge in [0.2, 0.25) is 0 Å². The second-order valence-electron chi connectivity index (χ2n) is 7.06. The van der Waals surface area contributed by atoms with Crippen molar-refractivity contribution in [2.45, 2.75) is 44.6 Å². The van der Waals surface area contributed by atoms with E-state index in [9.17, 15) is 14.9 Å². The number of nitrogens with zero attached hydrogens (tertiary/aromatic N) is 3. The van der Waals surface area contributed by atoms with Gasteiger partial charge in [0.1, 0.15) is 5.54 Å². The fourth-order valence-electron chi connectivity index (χ4n) is 3.68. The van der Waals surface area contributed by atoms with Crippen molar-refractivity contribution in [1.29, 1.82) is 5.26 Å². The zero-order valence-electron chi connectivity index (χ0n) is 15.7. The van der Waals surface area contributed by atoms with Gasteiger partial charge in [-0.05, 0) is 31.9 Å². The predicted molar refractivity (Wildman–Crippen MR) is 101 cm³/mol. The minimum Gasteiger partial charge on any atom is -0.452 e. The van der Waals surface area contributed by atoms with Crippen LogP contribution in [0.5, 0.6) is 0 Å². The molecule has 6 heteroatoms. The van der Waals surface area contributed by atoms with E-state index < -0.39 is 11.5 Å². The van der Waals surface area contributed by atoms with E-state index in [0.717, 1.165) is 19.3 Å². The molecule has 0 atom stereocenters. The van der Waals surface area contributed by atoms with Crippen LogP contribution < -0.4 is 0 Å². The first-order valence-electron chi connectivity index (χ1n) is 9.18. The number of esters is 1. The van der Waals surface area contributed by atoms with Crippen molar-refractivity contribution >= 4 is 22.8 Å². The van der Waals surface area contributed by atoms with Gasteiger partial charge in [0.15, 0.2) is 6.61 Å². The van der Waals surface area contributed by atoms with Crippen LogP contribution in [0.15, 0.2) is 30.3 Å². The third-order valence-corrected chi connectivity index (χ3v) is 5.30. The zero-order chi connectivity index (χ0) is 19.4. The van der Waals surface area contributed by atoms with E-state index in [4.69, 9.17) is 4.74 Å². The highest BCUT2D eigenvalue weighted by Crippen LogP contribution is 2.32. The van der Waals surface area contributed by atoms with Crippen molar-refractivity contribution < 1.29 is 14.3 Å². The van der Waals surface area contributed by atoms with Crippen molar-refractivity contribution in [2.75, 3.05) is 13.7 Å². The molecular formula is C21H23N3O3. The molecule has 140 valence electrons. The van der Waals surface area contributed by atoms with Gasteiger partial charge in [-0.3, -0.25) is 9.78 Å². The van der Waals surface area contributed by atoms with Crippen LogP contribution in [0.4, 0.5) is 0 Å². The molecule has 1 fully saturated rings. The highest BCUT2D eigenvalue weighted by Gasteiger charge is 2.39. The summed E-state index contributed by atoms with van der Waals surface area (Å²) in [4.78, 5) is 31.0. The first kappa shape index (κ1) is 18.8. The minimum absolute atomic E-state index is 0.359. The van der Waals surface area contributed by atoms with Crippen LogP contribution in [-0.4, -0.2) is 41.0 Å². The van der Waals surface area contributed by atoms with Crippen LogP contribution in [0.1, 0.15) is 48.2 Å². The number of pyridine rings is 1. The summed E-state index contributed by atoms with van der Waals surface area (Å²) in [5, 5.41) is 10.3. The zero-order valence-corrected chi connectivity index (χ0v) is 15.7. The molecule has 1 heterocycles. The van der Waals surface area contributed by atoms with E-state index in [1.807, 2.05) is 25.1 Å². The molecule has 27 heavy (non-hydrogen) atoms. The number of ether oxygens (including phenoxy) is 1.